The summed E-state index contributed by atoms with van der Waals surface area (Å²) >= 11 is 12.9. The summed E-state index contributed by atoms with van der Waals surface area (Å²) in [5.41, 5.74) is 3.23. The molecule has 4 aromatic carbocycles. The number of nitrogens with one attached hydrogen (secondary N) is 1. The third-order valence-corrected chi connectivity index (χ3v) is 9.71. The molecule has 0 heterocycles. The van der Waals surface area contributed by atoms with Gasteiger partial charge in [-0.3, -0.25) is 13.9 Å². The maximum absolute atomic E-state index is 14.6. The summed E-state index contributed by atoms with van der Waals surface area (Å²) in [6, 6.07) is 26.6. The highest BCUT2D eigenvalue weighted by atomic mass is 35.5. The highest BCUT2D eigenvalue weighted by Gasteiger charge is 2.35. The quantitative estimate of drug-likeness (QED) is 0.177. The van der Waals surface area contributed by atoms with Gasteiger partial charge in [0.25, 0.3) is 10.0 Å². The Labute approximate surface area is 275 Å². The molecule has 0 spiro atoms. The van der Waals surface area contributed by atoms with Crippen molar-refractivity contribution in [2.75, 3.05) is 10.8 Å². The molecular formula is C35H37Cl2N3O4S. The van der Waals surface area contributed by atoms with Crippen molar-refractivity contribution in [1.29, 1.82) is 0 Å². The Kier molecular flexibility index (Phi) is 11.3. The van der Waals surface area contributed by atoms with E-state index in [2.05, 4.69) is 5.32 Å². The predicted octanol–water partition coefficient (Wildman–Crippen LogP) is 6.97. The molecule has 1 atom stereocenters. The molecule has 45 heavy (non-hydrogen) atoms. The van der Waals surface area contributed by atoms with Crippen molar-refractivity contribution in [1.82, 2.24) is 10.2 Å². The number of carbonyl (C=O) groups is 2. The van der Waals surface area contributed by atoms with Crippen LogP contribution in [0.25, 0.3) is 0 Å². The molecule has 0 saturated carbocycles. The molecule has 0 aliphatic carbocycles. The van der Waals surface area contributed by atoms with E-state index in [0.717, 1.165) is 15.4 Å². The number of rotatable bonds is 12. The SMILES string of the molecule is Cc1ccc(S(=O)(=O)N(CC(=O)N(Cc2ccccc2Cl)[C@@H](Cc2ccccc2)C(=O)NC(C)C)c2cc(Cl)ccc2C)cc1. The molecule has 10 heteroatoms. The molecule has 0 aromatic heterocycles. The van der Waals surface area contributed by atoms with Crippen LogP contribution in [0.2, 0.25) is 10.0 Å². The van der Waals surface area contributed by atoms with Crippen LogP contribution < -0.4 is 9.62 Å². The third kappa shape index (κ3) is 8.66. The van der Waals surface area contributed by atoms with E-state index in [1.54, 1.807) is 55.5 Å². The van der Waals surface area contributed by atoms with Crippen LogP contribution in [-0.4, -0.2) is 43.8 Å². The number of halogens is 2. The van der Waals surface area contributed by atoms with Crippen molar-refractivity contribution in [3.8, 4) is 0 Å². The van der Waals surface area contributed by atoms with Crippen molar-refractivity contribution in [2.24, 2.45) is 0 Å². The number of nitrogens with zero attached hydrogens (tertiary/aromatic N) is 2. The third-order valence-electron chi connectivity index (χ3n) is 7.33. The zero-order valence-corrected chi connectivity index (χ0v) is 28.0. The van der Waals surface area contributed by atoms with Crippen LogP contribution in [0, 0.1) is 13.8 Å². The van der Waals surface area contributed by atoms with Crippen LogP contribution in [0.15, 0.2) is 102 Å². The zero-order chi connectivity index (χ0) is 32.7. The summed E-state index contributed by atoms with van der Waals surface area (Å²) in [5.74, 6) is -0.939. The minimum Gasteiger partial charge on any atom is -0.352 e. The van der Waals surface area contributed by atoms with Crippen LogP contribution in [0.5, 0.6) is 0 Å². The Morgan fingerprint density at radius 1 is 0.844 bits per heavy atom. The molecule has 2 amide bonds. The van der Waals surface area contributed by atoms with Crippen molar-refractivity contribution in [3.63, 3.8) is 0 Å². The molecule has 7 nitrogen and oxygen atoms in total. The van der Waals surface area contributed by atoms with Crippen LogP contribution in [-0.2, 0) is 32.6 Å². The summed E-state index contributed by atoms with van der Waals surface area (Å²) < 4.78 is 29.5. The van der Waals surface area contributed by atoms with E-state index in [-0.39, 0.29) is 35.5 Å². The summed E-state index contributed by atoms with van der Waals surface area (Å²) in [7, 11) is -4.24. The molecule has 0 radical (unpaired) electrons. The smallest absolute Gasteiger partial charge is 0.264 e. The summed E-state index contributed by atoms with van der Waals surface area (Å²) in [4.78, 5) is 29.8. The molecule has 0 fully saturated rings. The van der Waals surface area contributed by atoms with E-state index in [4.69, 9.17) is 23.2 Å². The highest BCUT2D eigenvalue weighted by molar-refractivity contribution is 7.92. The van der Waals surface area contributed by atoms with Crippen molar-refractivity contribution in [3.05, 3.63) is 129 Å². The Bertz CT molecular complexity index is 1750. The minimum absolute atomic E-state index is 0.0194. The van der Waals surface area contributed by atoms with Crippen molar-refractivity contribution in [2.45, 2.75) is 57.6 Å². The van der Waals surface area contributed by atoms with Crippen LogP contribution in [0.3, 0.4) is 0 Å². The van der Waals surface area contributed by atoms with Gasteiger partial charge in [-0.05, 0) is 74.7 Å². The van der Waals surface area contributed by atoms with Crippen LogP contribution >= 0.6 is 23.2 Å². The van der Waals surface area contributed by atoms with Gasteiger partial charge < -0.3 is 10.2 Å². The van der Waals surface area contributed by atoms with Gasteiger partial charge in [0, 0.05) is 29.1 Å². The van der Waals surface area contributed by atoms with Gasteiger partial charge >= 0.3 is 0 Å². The fourth-order valence-electron chi connectivity index (χ4n) is 4.95. The Morgan fingerprint density at radius 2 is 1.49 bits per heavy atom. The molecule has 4 rings (SSSR count). The van der Waals surface area contributed by atoms with E-state index in [1.807, 2.05) is 51.1 Å². The van der Waals surface area contributed by atoms with E-state index in [9.17, 15) is 18.0 Å². The van der Waals surface area contributed by atoms with Gasteiger partial charge in [0.05, 0.1) is 10.6 Å². The van der Waals surface area contributed by atoms with Crippen LogP contribution in [0.4, 0.5) is 5.69 Å². The van der Waals surface area contributed by atoms with Gasteiger partial charge in [0.2, 0.25) is 11.8 Å². The number of hydrogen-bond donors (Lipinski definition) is 1. The summed E-state index contributed by atoms with van der Waals surface area (Å²) in [5, 5.41) is 3.69. The molecule has 0 unspecified atom stereocenters. The van der Waals surface area contributed by atoms with Gasteiger partial charge in [-0.15, -0.1) is 0 Å². The Hall–Kier alpha value is -3.85. The predicted molar refractivity (Wildman–Crippen MR) is 181 cm³/mol. The van der Waals surface area contributed by atoms with E-state index in [1.165, 1.54) is 23.1 Å². The number of carbonyl (C=O) groups excluding carboxylic acids is 2. The van der Waals surface area contributed by atoms with Gasteiger partial charge in [0.15, 0.2) is 0 Å². The van der Waals surface area contributed by atoms with E-state index >= 15 is 0 Å². The summed E-state index contributed by atoms with van der Waals surface area (Å²) in [6.45, 7) is 6.70. The number of anilines is 1. The second-order valence-corrected chi connectivity index (χ2v) is 13.9. The van der Waals surface area contributed by atoms with Gasteiger partial charge in [-0.25, -0.2) is 8.42 Å². The first-order chi connectivity index (χ1) is 21.4. The lowest BCUT2D eigenvalue weighted by molar-refractivity contribution is -0.140. The lowest BCUT2D eigenvalue weighted by Gasteiger charge is -2.34. The van der Waals surface area contributed by atoms with E-state index < -0.39 is 28.5 Å². The Morgan fingerprint density at radius 3 is 2.13 bits per heavy atom. The molecule has 0 aliphatic heterocycles. The lowest BCUT2D eigenvalue weighted by atomic mass is 10.0. The molecule has 1 N–H and O–H groups in total. The zero-order valence-electron chi connectivity index (χ0n) is 25.7. The van der Waals surface area contributed by atoms with E-state index in [0.29, 0.717) is 21.2 Å². The first kappa shape index (κ1) is 34.0. The largest absolute Gasteiger partial charge is 0.352 e. The maximum Gasteiger partial charge on any atom is 0.264 e. The fourth-order valence-corrected chi connectivity index (χ4v) is 6.78. The average Bonchev–Trinajstić information content (AvgIpc) is 3.00. The Balaban J connectivity index is 1.84. The molecular weight excluding hydrogens is 629 g/mol. The normalized spacial score (nSPS) is 12.1. The number of benzene rings is 4. The first-order valence-corrected chi connectivity index (χ1v) is 16.8. The molecule has 0 bridgehead atoms. The standard InChI is InChI=1S/C35H37Cl2N3O4S/c1-24(2)38-35(42)33(20-27-10-6-5-7-11-27)39(22-28-12-8-9-13-31(28)37)34(41)23-40(32-21-29(36)17-16-26(32)4)45(43,44)30-18-14-25(3)15-19-30/h5-19,21,24,33H,20,22-23H2,1-4H3,(H,38,42)/t33-/m0/s1. The highest BCUT2D eigenvalue weighted by Crippen LogP contribution is 2.30. The number of amides is 2. The van der Waals surface area contributed by atoms with Gasteiger partial charge in [-0.1, -0.05) is 95.5 Å². The maximum atomic E-state index is 14.6. The van der Waals surface area contributed by atoms with Crippen LogP contribution in [0.1, 0.15) is 36.1 Å². The summed E-state index contributed by atoms with van der Waals surface area (Å²) in [6.07, 6.45) is 0.205. The number of hydrogen-bond acceptors (Lipinski definition) is 4. The lowest BCUT2D eigenvalue weighted by Crippen LogP contribution is -2.54. The topological polar surface area (TPSA) is 86.8 Å². The van der Waals surface area contributed by atoms with Crippen molar-refractivity contribution < 1.29 is 18.0 Å². The molecule has 0 saturated heterocycles. The second kappa shape index (κ2) is 15.0. The molecule has 4 aromatic rings. The van der Waals surface area contributed by atoms with Crippen molar-refractivity contribution >= 4 is 50.7 Å². The monoisotopic (exact) mass is 665 g/mol. The fraction of sp³-hybridized carbons (Fsp3) is 0.257. The average molecular weight is 667 g/mol. The molecule has 236 valence electrons. The van der Waals surface area contributed by atoms with Gasteiger partial charge in [0.1, 0.15) is 12.6 Å². The number of aryl methyl sites for hydroxylation is 2. The number of sulfonamides is 1. The first-order valence-electron chi connectivity index (χ1n) is 14.6. The second-order valence-electron chi connectivity index (χ2n) is 11.2. The molecule has 0 aliphatic rings. The van der Waals surface area contributed by atoms with Gasteiger partial charge in [-0.2, -0.15) is 0 Å². The minimum atomic E-state index is -4.24.